The Bertz CT molecular complexity index is 1700. The molecule has 0 bridgehead atoms. The van der Waals surface area contributed by atoms with Crippen LogP contribution in [0.2, 0.25) is 5.02 Å². The number of nitrogens with zero attached hydrogens (tertiary/aromatic N) is 1. The van der Waals surface area contributed by atoms with Gasteiger partial charge < -0.3 is 9.84 Å². The van der Waals surface area contributed by atoms with Gasteiger partial charge in [0.2, 0.25) is 0 Å². The number of aliphatic hydroxyl groups is 1. The van der Waals surface area contributed by atoms with Gasteiger partial charge in [-0.2, -0.15) is 13.2 Å². The summed E-state index contributed by atoms with van der Waals surface area (Å²) in [6.07, 6.45) is -6.28. The molecule has 1 atom stereocenters. The quantitative estimate of drug-likeness (QED) is 0.225. The summed E-state index contributed by atoms with van der Waals surface area (Å²) in [6, 6.07) is 16.9. The van der Waals surface area contributed by atoms with E-state index in [4.69, 9.17) is 16.3 Å². The van der Waals surface area contributed by atoms with Crippen molar-refractivity contribution in [3.05, 3.63) is 93.0 Å². The number of halogens is 5. The molecule has 11 heteroatoms. The molecule has 5 nitrogen and oxygen atoms in total. The molecule has 0 saturated heterocycles. The van der Waals surface area contributed by atoms with Crippen molar-refractivity contribution in [2.45, 2.75) is 55.2 Å². The molecular formula is C29H26BrClF3NO4S. The van der Waals surface area contributed by atoms with Gasteiger partial charge in [0.15, 0.2) is 5.60 Å². The first-order chi connectivity index (χ1) is 18.6. The summed E-state index contributed by atoms with van der Waals surface area (Å²) in [5.41, 5.74) is -3.28. The molecule has 40 heavy (non-hydrogen) atoms. The van der Waals surface area contributed by atoms with Gasteiger partial charge in [-0.15, -0.1) is 0 Å². The summed E-state index contributed by atoms with van der Waals surface area (Å²) in [5, 5.41) is 12.2. The van der Waals surface area contributed by atoms with Gasteiger partial charge in [0.1, 0.15) is 5.75 Å². The standard InChI is InChI=1S/C29H26BrClF3NO4S/c1-27(2,24-15-21(31)13-18-10-11-39-26(18)24)17-28(36,29(32,33)34)16-22-14-19-12-20(30)8-9-25(19)35(22)40(37,38)23-6-4-3-5-7-23/h3-9,12-15,36H,10-11,16-17H2,1-2H3. The highest BCUT2D eigenvalue weighted by Crippen LogP contribution is 2.48. The maximum atomic E-state index is 14.8. The van der Waals surface area contributed by atoms with E-state index in [1.54, 1.807) is 44.2 Å². The molecule has 1 aromatic heterocycles. The molecule has 3 aromatic carbocycles. The topological polar surface area (TPSA) is 68.5 Å². The highest BCUT2D eigenvalue weighted by atomic mass is 79.9. The fourth-order valence-corrected chi connectivity index (χ4v) is 7.67. The van der Waals surface area contributed by atoms with Gasteiger partial charge in [-0.3, -0.25) is 0 Å². The predicted octanol–water partition coefficient (Wildman–Crippen LogP) is 7.43. The number of hydrogen-bond donors (Lipinski definition) is 1. The Balaban J connectivity index is 1.65. The molecule has 4 aromatic rings. The number of alkyl halides is 3. The molecule has 0 fully saturated rings. The zero-order chi connectivity index (χ0) is 29.1. The zero-order valence-electron chi connectivity index (χ0n) is 21.6. The second kappa shape index (κ2) is 10.1. The van der Waals surface area contributed by atoms with Crippen molar-refractivity contribution in [3.8, 4) is 5.75 Å². The van der Waals surface area contributed by atoms with E-state index in [0.717, 1.165) is 9.54 Å². The van der Waals surface area contributed by atoms with Crippen LogP contribution in [0.3, 0.4) is 0 Å². The Morgan fingerprint density at radius 1 is 1.05 bits per heavy atom. The van der Waals surface area contributed by atoms with Crippen LogP contribution in [0.1, 0.15) is 37.1 Å². The molecule has 5 rings (SSSR count). The van der Waals surface area contributed by atoms with Gasteiger partial charge in [-0.1, -0.05) is 59.6 Å². The third-order valence-electron chi connectivity index (χ3n) is 7.29. The van der Waals surface area contributed by atoms with Gasteiger partial charge in [0.25, 0.3) is 10.0 Å². The van der Waals surface area contributed by atoms with Crippen molar-refractivity contribution < 1.29 is 31.4 Å². The lowest BCUT2D eigenvalue weighted by Gasteiger charge is -2.38. The van der Waals surface area contributed by atoms with E-state index < -0.39 is 40.1 Å². The van der Waals surface area contributed by atoms with Gasteiger partial charge >= 0.3 is 6.18 Å². The fraction of sp³-hybridized carbons (Fsp3) is 0.310. The summed E-state index contributed by atoms with van der Waals surface area (Å²) < 4.78 is 79.2. The van der Waals surface area contributed by atoms with Crippen molar-refractivity contribution in [2.75, 3.05) is 6.61 Å². The van der Waals surface area contributed by atoms with Crippen LogP contribution in [0.4, 0.5) is 13.2 Å². The monoisotopic (exact) mass is 655 g/mol. The Morgan fingerprint density at radius 2 is 1.75 bits per heavy atom. The highest BCUT2D eigenvalue weighted by Gasteiger charge is 2.57. The SMILES string of the molecule is CC(C)(CC(O)(Cc1cc2cc(Br)ccc2n1S(=O)(=O)c1ccccc1)C(F)(F)F)c1cc(Cl)cc2c1OCC2. The van der Waals surface area contributed by atoms with E-state index in [1.165, 1.54) is 36.4 Å². The number of fused-ring (bicyclic) bond motifs is 2. The summed E-state index contributed by atoms with van der Waals surface area (Å²) in [7, 11) is -4.31. The number of aromatic nitrogens is 1. The van der Waals surface area contributed by atoms with Crippen molar-refractivity contribution in [1.82, 2.24) is 3.97 Å². The summed E-state index contributed by atoms with van der Waals surface area (Å²) in [4.78, 5) is -0.0841. The van der Waals surface area contributed by atoms with E-state index in [2.05, 4.69) is 15.9 Å². The molecule has 0 aliphatic carbocycles. The molecule has 1 aliphatic heterocycles. The third kappa shape index (κ3) is 5.15. The lowest BCUT2D eigenvalue weighted by atomic mass is 9.73. The van der Waals surface area contributed by atoms with Gasteiger partial charge in [0.05, 0.1) is 17.0 Å². The fourth-order valence-electron chi connectivity index (χ4n) is 5.48. The van der Waals surface area contributed by atoms with E-state index in [0.29, 0.717) is 39.2 Å². The van der Waals surface area contributed by atoms with Crippen molar-refractivity contribution in [1.29, 1.82) is 0 Å². The van der Waals surface area contributed by atoms with E-state index in [9.17, 15) is 26.7 Å². The molecule has 0 spiro atoms. The van der Waals surface area contributed by atoms with E-state index in [1.807, 2.05) is 0 Å². The number of benzene rings is 3. The first-order valence-corrected chi connectivity index (χ1v) is 15.1. The Morgan fingerprint density at radius 3 is 2.42 bits per heavy atom. The van der Waals surface area contributed by atoms with Crippen molar-refractivity contribution >= 4 is 48.5 Å². The molecule has 1 N–H and O–H groups in total. The molecule has 0 saturated carbocycles. The Hall–Kier alpha value is -2.53. The van der Waals surface area contributed by atoms with Crippen LogP contribution in [-0.2, 0) is 28.3 Å². The summed E-state index contributed by atoms with van der Waals surface area (Å²) in [6.45, 7) is 3.56. The maximum absolute atomic E-state index is 14.8. The van der Waals surface area contributed by atoms with Gasteiger partial charge in [-0.05, 0) is 65.9 Å². The van der Waals surface area contributed by atoms with Crippen LogP contribution in [0, 0.1) is 0 Å². The molecule has 1 unspecified atom stereocenters. The van der Waals surface area contributed by atoms with Crippen LogP contribution >= 0.6 is 27.5 Å². The molecule has 1 aliphatic rings. The third-order valence-corrected chi connectivity index (χ3v) is 9.78. The molecular weight excluding hydrogens is 631 g/mol. The van der Waals surface area contributed by atoms with Crippen molar-refractivity contribution in [3.63, 3.8) is 0 Å². The smallest absolute Gasteiger partial charge is 0.417 e. The van der Waals surface area contributed by atoms with Crippen LogP contribution in [0.5, 0.6) is 5.75 Å². The second-order valence-electron chi connectivity index (χ2n) is 10.7. The van der Waals surface area contributed by atoms with E-state index >= 15 is 0 Å². The minimum absolute atomic E-state index is 0.0841. The first kappa shape index (κ1) is 29.0. The minimum Gasteiger partial charge on any atom is -0.493 e. The van der Waals surface area contributed by atoms with Crippen LogP contribution < -0.4 is 4.74 Å². The Kier molecular flexibility index (Phi) is 7.30. The largest absolute Gasteiger partial charge is 0.493 e. The number of hydrogen-bond acceptors (Lipinski definition) is 4. The van der Waals surface area contributed by atoms with Crippen LogP contribution in [0.15, 0.2) is 76.1 Å². The number of ether oxygens (including phenoxy) is 1. The van der Waals surface area contributed by atoms with E-state index in [-0.39, 0.29) is 16.1 Å². The lowest BCUT2D eigenvalue weighted by molar-refractivity contribution is -0.266. The molecule has 2 heterocycles. The van der Waals surface area contributed by atoms with Crippen molar-refractivity contribution in [2.24, 2.45) is 0 Å². The second-order valence-corrected chi connectivity index (χ2v) is 13.9. The minimum atomic E-state index is -5.09. The Labute approximate surface area is 243 Å². The predicted molar refractivity (Wildman–Crippen MR) is 152 cm³/mol. The summed E-state index contributed by atoms with van der Waals surface area (Å²) >= 11 is 9.64. The molecule has 212 valence electrons. The molecule has 0 radical (unpaired) electrons. The maximum Gasteiger partial charge on any atom is 0.417 e. The molecule has 0 amide bonds. The van der Waals surface area contributed by atoms with Crippen LogP contribution in [0.25, 0.3) is 10.9 Å². The normalized spacial score (nSPS) is 15.6. The first-order valence-electron chi connectivity index (χ1n) is 12.5. The van der Waals surface area contributed by atoms with Gasteiger partial charge in [0, 0.05) is 39.0 Å². The summed E-state index contributed by atoms with van der Waals surface area (Å²) in [5.74, 6) is 0.476. The highest BCUT2D eigenvalue weighted by molar-refractivity contribution is 9.10. The average molecular weight is 657 g/mol. The van der Waals surface area contributed by atoms with Gasteiger partial charge in [-0.25, -0.2) is 12.4 Å². The lowest BCUT2D eigenvalue weighted by Crippen LogP contribution is -2.51. The number of rotatable bonds is 7. The van der Waals surface area contributed by atoms with Crippen LogP contribution in [-0.4, -0.2) is 35.9 Å². The average Bonchev–Trinajstić information content (AvgIpc) is 3.46. The zero-order valence-corrected chi connectivity index (χ0v) is 24.8.